The molecule has 2 N–H and O–H groups in total. The van der Waals surface area contributed by atoms with Crippen molar-refractivity contribution in [1.29, 1.82) is 0 Å². The quantitative estimate of drug-likeness (QED) is 0.596. The fourth-order valence-corrected chi connectivity index (χ4v) is 1.90. The third kappa shape index (κ3) is 4.81. The summed E-state index contributed by atoms with van der Waals surface area (Å²) in [5.74, 6) is 2.63. The summed E-state index contributed by atoms with van der Waals surface area (Å²) in [6.45, 7) is 3.60. The predicted octanol–water partition coefficient (Wildman–Crippen LogP) is 3.36. The molecule has 0 aromatic heterocycles. The molecular formula is C16H21O2. The van der Waals surface area contributed by atoms with Crippen LogP contribution in [0.25, 0.3) is 0 Å². The smallest absolute Gasteiger partial charge is 0.107 e. The van der Waals surface area contributed by atoms with Crippen molar-refractivity contribution in [3.05, 3.63) is 41.8 Å². The van der Waals surface area contributed by atoms with E-state index in [9.17, 15) is 5.11 Å². The van der Waals surface area contributed by atoms with Crippen molar-refractivity contribution in [2.24, 2.45) is 0 Å². The molecule has 2 nitrogen and oxygen atoms in total. The zero-order chi connectivity index (χ0) is 13.4. The molecule has 0 amide bonds. The standard InChI is InChI=1S/C16H21O2/c1-16(2,18)15-12-8-7-11-14(15)10-6-4-3-5-9-13-17/h7-8,10-12,17-18H,3-6H2,1-2H3. The molecule has 0 aliphatic rings. The van der Waals surface area contributed by atoms with Gasteiger partial charge >= 0.3 is 0 Å². The van der Waals surface area contributed by atoms with Gasteiger partial charge in [0.2, 0.25) is 0 Å². The molecule has 1 aromatic rings. The Morgan fingerprint density at radius 3 is 2.61 bits per heavy atom. The predicted molar refractivity (Wildman–Crippen MR) is 73.3 cm³/mol. The van der Waals surface area contributed by atoms with Gasteiger partial charge in [-0.1, -0.05) is 36.6 Å². The summed E-state index contributed by atoms with van der Waals surface area (Å²) in [4.78, 5) is 0. The summed E-state index contributed by atoms with van der Waals surface area (Å²) in [5.41, 5.74) is 1.24. The van der Waals surface area contributed by atoms with E-state index in [-0.39, 0.29) is 0 Å². The van der Waals surface area contributed by atoms with Gasteiger partial charge in [0.25, 0.3) is 0 Å². The second-order valence-corrected chi connectivity index (χ2v) is 4.88. The summed E-state index contributed by atoms with van der Waals surface area (Å²) in [6.07, 6.45) is 7.77. The van der Waals surface area contributed by atoms with Crippen LogP contribution in [0.4, 0.5) is 0 Å². The molecule has 0 heterocycles. The molecule has 0 spiro atoms. The summed E-state index contributed by atoms with van der Waals surface area (Å²) in [6, 6.07) is 7.92. The van der Waals surface area contributed by atoms with E-state index in [2.05, 4.69) is 12.3 Å². The van der Waals surface area contributed by atoms with Crippen LogP contribution in [-0.4, -0.2) is 10.2 Å². The zero-order valence-corrected chi connectivity index (χ0v) is 11.1. The Balaban J connectivity index is 2.49. The largest absolute Gasteiger partial charge is 0.462 e. The van der Waals surface area contributed by atoms with Crippen LogP contribution in [0.3, 0.4) is 0 Å². The number of hydrogen-bond acceptors (Lipinski definition) is 2. The first-order valence-corrected chi connectivity index (χ1v) is 6.33. The van der Waals surface area contributed by atoms with Crippen molar-refractivity contribution < 1.29 is 10.2 Å². The first-order valence-electron chi connectivity index (χ1n) is 6.33. The highest BCUT2D eigenvalue weighted by Crippen LogP contribution is 2.25. The highest BCUT2D eigenvalue weighted by atomic mass is 16.3. The van der Waals surface area contributed by atoms with Crippen LogP contribution in [0.15, 0.2) is 24.3 Å². The minimum absolute atomic E-state index is 0.734. The Labute approximate surface area is 110 Å². The minimum Gasteiger partial charge on any atom is -0.462 e. The third-order valence-corrected chi connectivity index (χ3v) is 2.82. The van der Waals surface area contributed by atoms with Crippen LogP contribution in [0.5, 0.6) is 0 Å². The van der Waals surface area contributed by atoms with Crippen LogP contribution in [0.2, 0.25) is 0 Å². The fourth-order valence-electron chi connectivity index (χ4n) is 1.90. The zero-order valence-electron chi connectivity index (χ0n) is 11.1. The molecule has 1 rings (SSSR count). The third-order valence-electron chi connectivity index (χ3n) is 2.82. The first-order chi connectivity index (χ1) is 8.55. The maximum atomic E-state index is 10.1. The lowest BCUT2D eigenvalue weighted by Gasteiger charge is -2.21. The summed E-state index contributed by atoms with van der Waals surface area (Å²) < 4.78 is 0. The number of benzene rings is 1. The number of rotatable bonds is 6. The Kier molecular flexibility index (Phi) is 5.74. The van der Waals surface area contributed by atoms with E-state index in [0.717, 1.165) is 36.8 Å². The van der Waals surface area contributed by atoms with E-state index in [1.165, 1.54) is 0 Å². The van der Waals surface area contributed by atoms with Crippen LogP contribution in [0.1, 0.15) is 50.7 Å². The van der Waals surface area contributed by atoms with Gasteiger partial charge in [-0.15, -0.1) is 0 Å². The molecule has 2 heteroatoms. The van der Waals surface area contributed by atoms with E-state index < -0.39 is 5.60 Å². The van der Waals surface area contributed by atoms with Gasteiger partial charge in [-0.05, 0) is 44.2 Å². The number of unbranched alkanes of at least 4 members (excludes halogenated alkanes) is 3. The van der Waals surface area contributed by atoms with Gasteiger partial charge in [0.05, 0.1) is 5.60 Å². The van der Waals surface area contributed by atoms with E-state index in [1.807, 2.05) is 30.4 Å². The minimum atomic E-state index is -0.810. The summed E-state index contributed by atoms with van der Waals surface area (Å²) in [5, 5.41) is 18.4. The SMILES string of the molecule is CC(C)(O)c1ccccc1[CH]CCCCC#CO. The van der Waals surface area contributed by atoms with E-state index >= 15 is 0 Å². The molecule has 0 bridgehead atoms. The highest BCUT2D eigenvalue weighted by Gasteiger charge is 2.18. The number of hydrogen-bond donors (Lipinski definition) is 2. The van der Waals surface area contributed by atoms with Gasteiger partial charge in [-0.25, -0.2) is 0 Å². The maximum absolute atomic E-state index is 10.1. The highest BCUT2D eigenvalue weighted by molar-refractivity contribution is 5.36. The average Bonchev–Trinajstić information content (AvgIpc) is 2.33. The van der Waals surface area contributed by atoms with Crippen LogP contribution < -0.4 is 0 Å². The first kappa shape index (κ1) is 14.6. The molecular weight excluding hydrogens is 224 g/mol. The van der Waals surface area contributed by atoms with Gasteiger partial charge < -0.3 is 10.2 Å². The van der Waals surface area contributed by atoms with Crippen molar-refractivity contribution in [3.63, 3.8) is 0 Å². The molecule has 0 unspecified atom stereocenters. The van der Waals surface area contributed by atoms with Gasteiger partial charge in [0.15, 0.2) is 0 Å². The van der Waals surface area contributed by atoms with E-state index in [0.29, 0.717) is 0 Å². The Morgan fingerprint density at radius 1 is 1.22 bits per heavy atom. The molecule has 0 saturated heterocycles. The monoisotopic (exact) mass is 245 g/mol. The molecule has 0 aliphatic carbocycles. The van der Waals surface area contributed by atoms with Gasteiger partial charge in [-0.2, -0.15) is 0 Å². The molecule has 0 atom stereocenters. The van der Waals surface area contributed by atoms with E-state index in [4.69, 9.17) is 5.11 Å². The topological polar surface area (TPSA) is 40.5 Å². The van der Waals surface area contributed by atoms with Crippen LogP contribution >= 0.6 is 0 Å². The van der Waals surface area contributed by atoms with Crippen molar-refractivity contribution >= 4 is 0 Å². The second kappa shape index (κ2) is 7.08. The average molecular weight is 245 g/mol. The Hall–Kier alpha value is -1.46. The van der Waals surface area contributed by atoms with E-state index in [1.54, 1.807) is 13.8 Å². The maximum Gasteiger partial charge on any atom is 0.107 e. The normalized spacial score (nSPS) is 10.8. The fraction of sp³-hybridized carbons (Fsp3) is 0.438. The Bertz CT molecular complexity index is 419. The lowest BCUT2D eigenvalue weighted by molar-refractivity contribution is 0.0780. The van der Waals surface area contributed by atoms with Gasteiger partial charge in [0, 0.05) is 6.42 Å². The molecule has 1 radical (unpaired) electrons. The van der Waals surface area contributed by atoms with Gasteiger partial charge in [-0.3, -0.25) is 0 Å². The lowest BCUT2D eigenvalue weighted by atomic mass is 9.90. The summed E-state index contributed by atoms with van der Waals surface area (Å²) >= 11 is 0. The second-order valence-electron chi connectivity index (χ2n) is 4.88. The molecule has 0 saturated carbocycles. The van der Waals surface area contributed by atoms with Crippen molar-refractivity contribution in [1.82, 2.24) is 0 Å². The van der Waals surface area contributed by atoms with Crippen molar-refractivity contribution in [2.45, 2.75) is 45.1 Å². The Morgan fingerprint density at radius 2 is 1.94 bits per heavy atom. The molecule has 1 aromatic carbocycles. The van der Waals surface area contributed by atoms with Crippen molar-refractivity contribution in [2.75, 3.05) is 0 Å². The number of aliphatic hydroxyl groups excluding tert-OH is 1. The molecule has 0 fully saturated rings. The molecule has 18 heavy (non-hydrogen) atoms. The summed E-state index contributed by atoms with van der Waals surface area (Å²) in [7, 11) is 0. The van der Waals surface area contributed by atoms with Gasteiger partial charge in [0.1, 0.15) is 6.11 Å². The van der Waals surface area contributed by atoms with Crippen LogP contribution in [0, 0.1) is 18.4 Å². The molecule has 0 aliphatic heterocycles. The lowest BCUT2D eigenvalue weighted by Crippen LogP contribution is -2.17. The number of aliphatic hydroxyl groups is 2. The van der Waals surface area contributed by atoms with Crippen molar-refractivity contribution in [3.8, 4) is 12.0 Å². The molecule has 97 valence electrons. The van der Waals surface area contributed by atoms with Crippen LogP contribution in [-0.2, 0) is 5.60 Å².